The van der Waals surface area contributed by atoms with Crippen LogP contribution in [0.5, 0.6) is 11.5 Å². The number of benzene rings is 2. The van der Waals surface area contributed by atoms with E-state index >= 15 is 0 Å². The first-order valence-corrected chi connectivity index (χ1v) is 8.74. The van der Waals surface area contributed by atoms with Crippen LogP contribution in [0, 0.1) is 0 Å². The van der Waals surface area contributed by atoms with Gasteiger partial charge in [0.25, 0.3) is 0 Å². The predicted octanol–water partition coefficient (Wildman–Crippen LogP) is 5.45. The summed E-state index contributed by atoms with van der Waals surface area (Å²) in [6, 6.07) is 9.35. The molecule has 0 unspecified atom stereocenters. The topological polar surface area (TPSA) is 30.5 Å². The number of methoxy groups -OCH3 is 1. The van der Waals surface area contributed by atoms with E-state index in [1.54, 1.807) is 25.3 Å². The number of ether oxygens (including phenoxy) is 2. The molecule has 0 atom stereocenters. The molecule has 0 radical (unpaired) electrons. The van der Waals surface area contributed by atoms with Crippen LogP contribution in [-0.2, 0) is 13.2 Å². The zero-order chi connectivity index (χ0) is 16.8. The smallest absolute Gasteiger partial charge is 0.175 e. The minimum absolute atomic E-state index is 0.264. The zero-order valence-electron chi connectivity index (χ0n) is 13.0. The number of nitrogens with one attached hydrogen (secondary N) is 1. The van der Waals surface area contributed by atoms with Crippen molar-refractivity contribution in [3.63, 3.8) is 0 Å². The van der Waals surface area contributed by atoms with E-state index in [9.17, 15) is 0 Å². The van der Waals surface area contributed by atoms with Crippen LogP contribution in [0.1, 0.15) is 18.1 Å². The Morgan fingerprint density at radius 3 is 2.48 bits per heavy atom. The van der Waals surface area contributed by atoms with E-state index < -0.39 is 0 Å². The van der Waals surface area contributed by atoms with Crippen LogP contribution < -0.4 is 14.8 Å². The van der Waals surface area contributed by atoms with E-state index in [0.29, 0.717) is 21.5 Å². The van der Waals surface area contributed by atoms with E-state index in [1.165, 1.54) is 0 Å². The Kier molecular flexibility index (Phi) is 7.03. The van der Waals surface area contributed by atoms with Gasteiger partial charge in [-0.15, -0.1) is 0 Å². The van der Waals surface area contributed by atoms with Crippen molar-refractivity contribution < 1.29 is 9.47 Å². The number of hydrogen-bond acceptors (Lipinski definition) is 3. The van der Waals surface area contributed by atoms with Gasteiger partial charge in [0.05, 0.1) is 11.6 Å². The third kappa shape index (κ3) is 4.77. The number of rotatable bonds is 7. The summed E-state index contributed by atoms with van der Waals surface area (Å²) in [5, 5.41) is 4.44. The van der Waals surface area contributed by atoms with Gasteiger partial charge in [0, 0.05) is 22.2 Å². The fourth-order valence-corrected chi connectivity index (χ4v) is 3.21. The first kappa shape index (κ1) is 18.4. The molecule has 0 aromatic heterocycles. The summed E-state index contributed by atoms with van der Waals surface area (Å²) in [4.78, 5) is 0. The number of hydrogen-bond donors (Lipinski definition) is 1. The lowest BCUT2D eigenvalue weighted by atomic mass is 10.2. The highest BCUT2D eigenvalue weighted by Crippen LogP contribution is 2.38. The van der Waals surface area contributed by atoms with Gasteiger partial charge in [-0.3, -0.25) is 0 Å². The maximum absolute atomic E-state index is 6.18. The van der Waals surface area contributed by atoms with Crippen molar-refractivity contribution in [3.8, 4) is 11.5 Å². The van der Waals surface area contributed by atoms with Crippen LogP contribution in [-0.4, -0.2) is 13.7 Å². The lowest BCUT2D eigenvalue weighted by molar-refractivity contribution is 0.282. The summed E-state index contributed by atoms with van der Waals surface area (Å²) in [5.74, 6) is 1.29. The minimum Gasteiger partial charge on any atom is -0.493 e. The van der Waals surface area contributed by atoms with Crippen LogP contribution in [0.15, 0.2) is 34.8 Å². The van der Waals surface area contributed by atoms with Crippen LogP contribution in [0.3, 0.4) is 0 Å². The summed E-state index contributed by atoms with van der Waals surface area (Å²) in [5.41, 5.74) is 1.86. The normalized spacial score (nSPS) is 10.7. The average Bonchev–Trinajstić information content (AvgIpc) is 2.53. The second-order valence-corrected chi connectivity index (χ2v) is 6.55. The Morgan fingerprint density at radius 1 is 1.17 bits per heavy atom. The molecule has 0 fully saturated rings. The molecule has 1 N–H and O–H groups in total. The lowest BCUT2D eigenvalue weighted by Crippen LogP contribution is -2.12. The van der Waals surface area contributed by atoms with Crippen molar-refractivity contribution >= 4 is 39.1 Å². The summed E-state index contributed by atoms with van der Waals surface area (Å²) in [6.07, 6.45) is 0. The fraction of sp³-hybridized carbons (Fsp3) is 0.294. The molecule has 2 aromatic rings. The average molecular weight is 419 g/mol. The van der Waals surface area contributed by atoms with E-state index in [1.807, 2.05) is 12.1 Å². The van der Waals surface area contributed by atoms with Crippen LogP contribution in [0.25, 0.3) is 0 Å². The first-order valence-electron chi connectivity index (χ1n) is 7.19. The Labute approximate surface area is 155 Å². The molecule has 0 spiro atoms. The molecular weight excluding hydrogens is 401 g/mol. The summed E-state index contributed by atoms with van der Waals surface area (Å²) in [7, 11) is 1.62. The van der Waals surface area contributed by atoms with Gasteiger partial charge in [0.15, 0.2) is 11.5 Å². The molecule has 0 saturated heterocycles. The molecular formula is C17H18BrCl2NO2. The van der Waals surface area contributed by atoms with Crippen molar-refractivity contribution in [1.29, 1.82) is 0 Å². The quantitative estimate of drug-likeness (QED) is 0.648. The van der Waals surface area contributed by atoms with Crippen molar-refractivity contribution in [2.75, 3.05) is 13.7 Å². The molecule has 0 saturated carbocycles. The van der Waals surface area contributed by atoms with Crippen molar-refractivity contribution in [3.05, 3.63) is 56.0 Å². The molecule has 0 aliphatic carbocycles. The van der Waals surface area contributed by atoms with Crippen LogP contribution in [0.4, 0.5) is 0 Å². The maximum atomic E-state index is 6.18. The molecule has 2 aromatic carbocycles. The molecule has 2 rings (SSSR count). The third-order valence-corrected chi connectivity index (χ3v) is 4.59. The number of halogens is 3. The highest BCUT2D eigenvalue weighted by molar-refractivity contribution is 9.10. The van der Waals surface area contributed by atoms with Crippen LogP contribution >= 0.6 is 39.1 Å². The van der Waals surface area contributed by atoms with Crippen molar-refractivity contribution in [1.82, 2.24) is 5.32 Å². The highest BCUT2D eigenvalue weighted by Gasteiger charge is 2.14. The van der Waals surface area contributed by atoms with Gasteiger partial charge in [-0.25, -0.2) is 0 Å². The SMILES string of the molecule is CCNCc1cc(Br)c(OCc2c(Cl)cccc2Cl)c(OC)c1. The molecule has 0 heterocycles. The Balaban J connectivity index is 2.22. The van der Waals surface area contributed by atoms with Gasteiger partial charge in [0.1, 0.15) is 6.61 Å². The predicted molar refractivity (Wildman–Crippen MR) is 98.9 cm³/mol. The van der Waals surface area contributed by atoms with Gasteiger partial charge < -0.3 is 14.8 Å². The van der Waals surface area contributed by atoms with E-state index in [0.717, 1.165) is 28.7 Å². The fourth-order valence-electron chi connectivity index (χ4n) is 2.10. The summed E-state index contributed by atoms with van der Waals surface area (Å²) >= 11 is 15.9. The van der Waals surface area contributed by atoms with Gasteiger partial charge in [0.2, 0.25) is 0 Å². The van der Waals surface area contributed by atoms with Gasteiger partial charge in [-0.2, -0.15) is 0 Å². The lowest BCUT2D eigenvalue weighted by Gasteiger charge is -2.15. The third-order valence-electron chi connectivity index (χ3n) is 3.29. The Hall–Kier alpha value is -0.940. The minimum atomic E-state index is 0.264. The van der Waals surface area contributed by atoms with E-state index in [4.69, 9.17) is 32.7 Å². The standard InChI is InChI=1S/C17H18BrCl2NO2/c1-3-21-9-11-7-13(18)17(16(8-11)22-2)23-10-12-14(19)5-4-6-15(12)20/h4-8,21H,3,9-10H2,1-2H3. The molecule has 0 aliphatic heterocycles. The molecule has 0 aliphatic rings. The largest absolute Gasteiger partial charge is 0.493 e. The van der Waals surface area contributed by atoms with Gasteiger partial charge >= 0.3 is 0 Å². The molecule has 23 heavy (non-hydrogen) atoms. The monoisotopic (exact) mass is 417 g/mol. The maximum Gasteiger partial charge on any atom is 0.175 e. The van der Waals surface area contributed by atoms with Gasteiger partial charge in [-0.05, 0) is 52.3 Å². The zero-order valence-corrected chi connectivity index (χ0v) is 16.1. The molecule has 124 valence electrons. The highest BCUT2D eigenvalue weighted by atomic mass is 79.9. The Morgan fingerprint density at radius 2 is 1.87 bits per heavy atom. The van der Waals surface area contributed by atoms with Crippen molar-refractivity contribution in [2.45, 2.75) is 20.1 Å². The molecule has 3 nitrogen and oxygen atoms in total. The van der Waals surface area contributed by atoms with E-state index in [-0.39, 0.29) is 6.61 Å². The second-order valence-electron chi connectivity index (χ2n) is 4.88. The first-order chi connectivity index (χ1) is 11.1. The molecule has 0 amide bonds. The van der Waals surface area contributed by atoms with Crippen molar-refractivity contribution in [2.24, 2.45) is 0 Å². The second kappa shape index (κ2) is 8.78. The Bertz CT molecular complexity index is 660. The summed E-state index contributed by atoms with van der Waals surface area (Å²) < 4.78 is 12.2. The molecule has 6 heteroatoms. The molecule has 0 bridgehead atoms. The van der Waals surface area contributed by atoms with Gasteiger partial charge in [-0.1, -0.05) is 36.2 Å². The van der Waals surface area contributed by atoms with Crippen LogP contribution in [0.2, 0.25) is 10.0 Å². The van der Waals surface area contributed by atoms with E-state index in [2.05, 4.69) is 28.2 Å². The summed E-state index contributed by atoms with van der Waals surface area (Å²) in [6.45, 7) is 4.00.